The molecule has 8 nitrogen and oxygen atoms in total. The van der Waals surface area contributed by atoms with Gasteiger partial charge >= 0.3 is 0 Å². The van der Waals surface area contributed by atoms with Gasteiger partial charge in [-0.15, -0.1) is 24.0 Å². The third-order valence-electron chi connectivity index (χ3n) is 5.30. The smallest absolute Gasteiger partial charge is 0.216 e. The van der Waals surface area contributed by atoms with Gasteiger partial charge < -0.3 is 19.9 Å². The van der Waals surface area contributed by atoms with Gasteiger partial charge in [0.05, 0.1) is 18.5 Å². The maximum atomic E-state index is 12.4. The second-order valence-electron chi connectivity index (χ2n) is 7.60. The van der Waals surface area contributed by atoms with Crippen LogP contribution in [0.1, 0.15) is 27.2 Å². The molecule has 0 aromatic carbocycles. The molecule has 0 bridgehead atoms. The summed E-state index contributed by atoms with van der Waals surface area (Å²) in [7, 11) is -1.46. The van der Waals surface area contributed by atoms with Gasteiger partial charge in [-0.1, -0.05) is 6.92 Å². The lowest BCUT2D eigenvalue weighted by Crippen LogP contribution is -2.54. The highest BCUT2D eigenvalue weighted by Gasteiger charge is 2.28. The van der Waals surface area contributed by atoms with Crippen molar-refractivity contribution in [3.63, 3.8) is 0 Å². The minimum Gasteiger partial charge on any atom is -0.378 e. The molecule has 2 heterocycles. The molecule has 1 N–H and O–H groups in total. The summed E-state index contributed by atoms with van der Waals surface area (Å²) in [4.78, 5) is 9.03. The van der Waals surface area contributed by atoms with Crippen LogP contribution in [0.5, 0.6) is 0 Å². The number of aliphatic imine (C=N–C) groups is 1. The molecule has 2 aliphatic heterocycles. The first kappa shape index (κ1) is 25.9. The molecular weight excluding hydrogens is 493 g/mol. The number of piperazine rings is 1. The van der Waals surface area contributed by atoms with E-state index in [2.05, 4.69) is 27.0 Å². The van der Waals surface area contributed by atoms with E-state index in [9.17, 15) is 8.42 Å². The van der Waals surface area contributed by atoms with Crippen molar-refractivity contribution in [2.75, 3.05) is 71.8 Å². The van der Waals surface area contributed by atoms with Crippen molar-refractivity contribution in [2.45, 2.75) is 33.3 Å². The van der Waals surface area contributed by atoms with Crippen molar-refractivity contribution < 1.29 is 13.2 Å². The van der Waals surface area contributed by atoms with E-state index in [1.807, 2.05) is 13.8 Å². The van der Waals surface area contributed by atoms with Gasteiger partial charge in [0, 0.05) is 46.3 Å². The van der Waals surface area contributed by atoms with Crippen molar-refractivity contribution in [2.24, 2.45) is 10.9 Å². The molecule has 0 radical (unpaired) electrons. The number of likely N-dealkylation sites (tertiary alicyclic amines) is 1. The Bertz CT molecular complexity index is 580. The number of halogens is 1. The van der Waals surface area contributed by atoms with E-state index in [4.69, 9.17) is 4.74 Å². The lowest BCUT2D eigenvalue weighted by Gasteiger charge is -2.36. The fourth-order valence-electron chi connectivity index (χ4n) is 3.63. The summed E-state index contributed by atoms with van der Waals surface area (Å²) in [6.45, 7) is 13.0. The number of hydrogen-bond acceptors (Lipinski definition) is 5. The second kappa shape index (κ2) is 12.5. The van der Waals surface area contributed by atoms with E-state index in [1.54, 1.807) is 11.4 Å². The first-order chi connectivity index (χ1) is 12.9. The summed E-state index contributed by atoms with van der Waals surface area (Å²) < 4.78 is 31.9. The third kappa shape index (κ3) is 7.92. The van der Waals surface area contributed by atoms with Crippen LogP contribution in [0, 0.1) is 5.92 Å². The first-order valence-electron chi connectivity index (χ1n) is 10.1. The van der Waals surface area contributed by atoms with Gasteiger partial charge in [0.1, 0.15) is 0 Å². The largest absolute Gasteiger partial charge is 0.378 e. The molecule has 0 saturated carbocycles. The number of nitrogens with zero attached hydrogens (tertiary/aromatic N) is 4. The molecule has 2 fully saturated rings. The topological polar surface area (TPSA) is 77.5 Å². The SMILES string of the molecule is CCN1CCC(CNC(=NC)N2CCN(S(=O)(=O)CCOC(C)C)CC2)C1.I. The number of hydrogen-bond donors (Lipinski definition) is 1. The molecule has 0 aromatic rings. The van der Waals surface area contributed by atoms with Gasteiger partial charge in [0.25, 0.3) is 0 Å². The zero-order valence-electron chi connectivity index (χ0n) is 17.8. The molecule has 1 unspecified atom stereocenters. The summed E-state index contributed by atoms with van der Waals surface area (Å²) in [5.41, 5.74) is 0. The van der Waals surface area contributed by atoms with Crippen LogP contribution >= 0.6 is 24.0 Å². The maximum absolute atomic E-state index is 12.4. The average molecular weight is 532 g/mol. The van der Waals surface area contributed by atoms with Crippen molar-refractivity contribution in [3.8, 4) is 0 Å². The van der Waals surface area contributed by atoms with Crippen molar-refractivity contribution in [3.05, 3.63) is 0 Å². The van der Waals surface area contributed by atoms with Gasteiger partial charge in [-0.3, -0.25) is 4.99 Å². The monoisotopic (exact) mass is 531 g/mol. The Hall–Kier alpha value is -0.170. The zero-order chi connectivity index (χ0) is 19.9. The molecule has 166 valence electrons. The van der Waals surface area contributed by atoms with Gasteiger partial charge in [0.2, 0.25) is 10.0 Å². The molecule has 0 amide bonds. The van der Waals surface area contributed by atoms with E-state index in [1.165, 1.54) is 13.0 Å². The van der Waals surface area contributed by atoms with Gasteiger partial charge in [-0.25, -0.2) is 8.42 Å². The van der Waals surface area contributed by atoms with Crippen LogP contribution in [0.3, 0.4) is 0 Å². The molecule has 0 spiro atoms. The van der Waals surface area contributed by atoms with Crippen LogP contribution in [-0.4, -0.2) is 106 Å². The van der Waals surface area contributed by atoms with Gasteiger partial charge in [0.15, 0.2) is 5.96 Å². The molecule has 10 heteroatoms. The Balaban J connectivity index is 0.00000392. The van der Waals surface area contributed by atoms with E-state index in [-0.39, 0.29) is 42.4 Å². The van der Waals surface area contributed by atoms with Crippen LogP contribution < -0.4 is 5.32 Å². The summed E-state index contributed by atoms with van der Waals surface area (Å²) >= 11 is 0. The normalized spacial score (nSPS) is 22.5. The molecule has 28 heavy (non-hydrogen) atoms. The molecule has 2 rings (SSSR count). The Kier molecular flexibility index (Phi) is 11.6. The fraction of sp³-hybridized carbons (Fsp3) is 0.944. The summed E-state index contributed by atoms with van der Waals surface area (Å²) in [6, 6.07) is 0. The highest BCUT2D eigenvalue weighted by atomic mass is 127. The van der Waals surface area contributed by atoms with Crippen LogP contribution in [0.25, 0.3) is 0 Å². The summed E-state index contributed by atoms with van der Waals surface area (Å²) in [5, 5.41) is 3.49. The molecule has 1 atom stereocenters. The van der Waals surface area contributed by atoms with Crippen molar-refractivity contribution in [1.82, 2.24) is 19.4 Å². The van der Waals surface area contributed by atoms with Crippen LogP contribution in [0.2, 0.25) is 0 Å². The molecule has 2 saturated heterocycles. The standard InChI is InChI=1S/C18H37N5O3S.HI/c1-5-21-7-6-17(15-21)14-20-18(19-4)22-8-10-23(11-9-22)27(24,25)13-12-26-16(2)3;/h16-17H,5-15H2,1-4H3,(H,19,20);1H. The Labute approximate surface area is 188 Å². The van der Waals surface area contributed by atoms with Crippen molar-refractivity contribution >= 4 is 40.0 Å². The third-order valence-corrected chi connectivity index (χ3v) is 7.14. The predicted octanol–water partition coefficient (Wildman–Crippen LogP) is 0.894. The lowest BCUT2D eigenvalue weighted by molar-refractivity contribution is 0.0904. The van der Waals surface area contributed by atoms with Gasteiger partial charge in [-0.05, 0) is 39.3 Å². The average Bonchev–Trinajstić information content (AvgIpc) is 3.10. The number of guanidine groups is 1. The quantitative estimate of drug-likeness (QED) is 0.285. The molecule has 0 aliphatic carbocycles. The summed E-state index contributed by atoms with van der Waals surface area (Å²) in [6.07, 6.45) is 1.28. The minimum absolute atomic E-state index is 0. The van der Waals surface area contributed by atoms with Crippen LogP contribution in [0.15, 0.2) is 4.99 Å². The van der Waals surface area contributed by atoms with Gasteiger partial charge in [-0.2, -0.15) is 4.31 Å². The second-order valence-corrected chi connectivity index (χ2v) is 9.69. The minimum atomic E-state index is -3.25. The Morgan fingerprint density at radius 3 is 2.43 bits per heavy atom. The van der Waals surface area contributed by atoms with Crippen LogP contribution in [0.4, 0.5) is 0 Å². The molecular formula is C18H38IN5O3S. The zero-order valence-corrected chi connectivity index (χ0v) is 20.9. The maximum Gasteiger partial charge on any atom is 0.216 e. The Morgan fingerprint density at radius 1 is 1.21 bits per heavy atom. The number of sulfonamides is 1. The number of nitrogens with one attached hydrogen (secondary N) is 1. The van der Waals surface area contributed by atoms with E-state index < -0.39 is 10.0 Å². The summed E-state index contributed by atoms with van der Waals surface area (Å²) in [5.74, 6) is 1.59. The highest BCUT2D eigenvalue weighted by molar-refractivity contribution is 14.0. The first-order valence-corrected chi connectivity index (χ1v) is 11.7. The number of ether oxygens (including phenoxy) is 1. The van der Waals surface area contributed by atoms with E-state index in [0.29, 0.717) is 32.1 Å². The van der Waals surface area contributed by atoms with Crippen LogP contribution in [-0.2, 0) is 14.8 Å². The number of rotatable bonds is 8. The fourth-order valence-corrected chi connectivity index (χ4v) is 4.92. The molecule has 0 aromatic heterocycles. The van der Waals surface area contributed by atoms with E-state index in [0.717, 1.165) is 25.6 Å². The lowest BCUT2D eigenvalue weighted by atomic mass is 10.1. The highest BCUT2D eigenvalue weighted by Crippen LogP contribution is 2.15. The van der Waals surface area contributed by atoms with E-state index >= 15 is 0 Å². The Morgan fingerprint density at radius 2 is 1.89 bits per heavy atom. The van der Waals surface area contributed by atoms with Crippen molar-refractivity contribution in [1.29, 1.82) is 0 Å². The molecule has 2 aliphatic rings. The predicted molar refractivity (Wildman–Crippen MR) is 125 cm³/mol.